The number of benzene rings is 1. The molecule has 194 valence electrons. The Morgan fingerprint density at radius 3 is 2.81 bits per heavy atom. The van der Waals surface area contributed by atoms with Gasteiger partial charge in [0, 0.05) is 30.9 Å². The van der Waals surface area contributed by atoms with Crippen molar-refractivity contribution >= 4 is 41.0 Å². The van der Waals surface area contributed by atoms with Gasteiger partial charge in [-0.05, 0) is 49.6 Å². The molecule has 0 spiro atoms. The number of nitrogens with one attached hydrogen (secondary N) is 2. The smallest absolute Gasteiger partial charge is 0.351 e. The summed E-state index contributed by atoms with van der Waals surface area (Å²) < 4.78 is 40.6. The van der Waals surface area contributed by atoms with Gasteiger partial charge >= 0.3 is 12.2 Å². The molecule has 5 rings (SSSR count). The minimum Gasteiger partial charge on any atom is -0.351 e. The van der Waals surface area contributed by atoms with E-state index in [0.717, 1.165) is 12.5 Å². The lowest BCUT2D eigenvalue weighted by Crippen LogP contribution is -2.53. The maximum Gasteiger partial charge on any atom is 0.416 e. The van der Waals surface area contributed by atoms with Crippen LogP contribution < -0.4 is 15.5 Å². The third-order valence-corrected chi connectivity index (χ3v) is 8.09. The van der Waals surface area contributed by atoms with Gasteiger partial charge in [-0.2, -0.15) is 13.2 Å². The van der Waals surface area contributed by atoms with E-state index in [0.29, 0.717) is 35.8 Å². The molecule has 1 aromatic carbocycles. The fourth-order valence-electron chi connectivity index (χ4n) is 5.04. The van der Waals surface area contributed by atoms with Crippen LogP contribution in [0.25, 0.3) is 0 Å². The minimum absolute atomic E-state index is 0.0508. The fourth-order valence-corrected chi connectivity index (χ4v) is 6.28. The number of carbonyl (C=O) groups is 3. The van der Waals surface area contributed by atoms with E-state index in [1.165, 1.54) is 48.0 Å². The average molecular weight is 532 g/mol. The van der Waals surface area contributed by atoms with Crippen molar-refractivity contribution in [2.24, 2.45) is 0 Å². The Balaban J connectivity index is 1.41. The summed E-state index contributed by atoms with van der Waals surface area (Å²) in [5.74, 6) is -0.500. The Kier molecular flexibility index (Phi) is 6.38. The Morgan fingerprint density at radius 1 is 1.30 bits per heavy atom. The maximum absolute atomic E-state index is 13.5. The van der Waals surface area contributed by atoms with Gasteiger partial charge in [0.05, 0.1) is 23.0 Å². The van der Waals surface area contributed by atoms with Crippen LogP contribution in [0.1, 0.15) is 35.6 Å². The molecule has 2 aromatic rings. The SMILES string of the molecule is C=CC(=O)N1CCCC(NC(=O)[C@@H]2Sc3nccc4c3C2NC(=O)N4c2ccc(C)c(C(F)(F)F)c2)C1. The van der Waals surface area contributed by atoms with Crippen molar-refractivity contribution in [1.29, 1.82) is 0 Å². The number of amides is 4. The second-order valence-corrected chi connectivity index (χ2v) is 10.3. The second-order valence-electron chi connectivity index (χ2n) is 9.18. The highest BCUT2D eigenvalue weighted by atomic mass is 32.2. The third kappa shape index (κ3) is 4.54. The summed E-state index contributed by atoms with van der Waals surface area (Å²) in [5.41, 5.74) is 0.269. The minimum atomic E-state index is -4.57. The number of pyridine rings is 1. The summed E-state index contributed by atoms with van der Waals surface area (Å²) >= 11 is 1.20. The molecule has 0 bridgehead atoms. The van der Waals surface area contributed by atoms with Crippen LogP contribution in [0.4, 0.5) is 29.3 Å². The summed E-state index contributed by atoms with van der Waals surface area (Å²) in [7, 11) is 0. The summed E-state index contributed by atoms with van der Waals surface area (Å²) in [4.78, 5) is 45.7. The number of piperidine rings is 1. The van der Waals surface area contributed by atoms with Crippen LogP contribution in [0.15, 0.2) is 48.1 Å². The van der Waals surface area contributed by atoms with E-state index in [2.05, 4.69) is 22.2 Å². The van der Waals surface area contributed by atoms with Crippen LogP contribution in [-0.2, 0) is 15.8 Å². The van der Waals surface area contributed by atoms with Gasteiger partial charge in [0.1, 0.15) is 10.3 Å². The van der Waals surface area contributed by atoms with Crippen molar-refractivity contribution in [1.82, 2.24) is 20.5 Å². The number of halogens is 3. The fraction of sp³-hybridized carbons (Fsp3) is 0.360. The van der Waals surface area contributed by atoms with Gasteiger partial charge in [0.15, 0.2) is 0 Å². The summed E-state index contributed by atoms with van der Waals surface area (Å²) in [6, 6.07) is 3.73. The number of aromatic nitrogens is 1. The lowest BCUT2D eigenvalue weighted by molar-refractivity contribution is -0.138. The summed E-state index contributed by atoms with van der Waals surface area (Å²) in [6.07, 6.45) is -0.405. The standard InChI is InChI=1S/C25H24F3N5O3S/c1-3-18(34)32-10-4-5-14(12-32)30-22(35)21-20-19-17(8-9-29-23(19)37-21)33(24(36)31-20)15-7-6-13(2)16(11-15)25(26,27)28/h3,6-9,11,14,20-21H,1,4-5,10,12H2,2H3,(H,30,35)(H,31,36)/t14?,20?,21-/m1/s1. The summed E-state index contributed by atoms with van der Waals surface area (Å²) in [6.45, 7) is 5.83. The number of carbonyl (C=O) groups excluding carboxylic acids is 3. The van der Waals surface area contributed by atoms with Crippen LogP contribution in [-0.4, -0.2) is 52.1 Å². The van der Waals surface area contributed by atoms with Crippen molar-refractivity contribution in [3.63, 3.8) is 0 Å². The topological polar surface area (TPSA) is 94.6 Å². The van der Waals surface area contributed by atoms with Gasteiger partial charge in [-0.3, -0.25) is 14.5 Å². The molecule has 1 saturated heterocycles. The molecule has 1 aromatic heterocycles. The zero-order chi connectivity index (χ0) is 26.5. The average Bonchev–Trinajstić information content (AvgIpc) is 3.23. The van der Waals surface area contributed by atoms with E-state index in [-0.39, 0.29) is 29.1 Å². The molecule has 4 heterocycles. The highest BCUT2D eigenvalue weighted by Gasteiger charge is 2.47. The number of aryl methyl sites for hydroxylation is 1. The van der Waals surface area contributed by atoms with E-state index >= 15 is 0 Å². The number of hydrogen-bond acceptors (Lipinski definition) is 5. The first kappa shape index (κ1) is 25.1. The quantitative estimate of drug-likeness (QED) is 0.580. The normalized spacial score (nSPS) is 22.8. The number of likely N-dealkylation sites (tertiary alicyclic amines) is 1. The van der Waals surface area contributed by atoms with Gasteiger partial charge in [0.25, 0.3) is 0 Å². The first-order chi connectivity index (χ1) is 17.6. The molecule has 2 unspecified atom stereocenters. The number of alkyl halides is 3. The van der Waals surface area contributed by atoms with Crippen LogP contribution in [0.3, 0.4) is 0 Å². The van der Waals surface area contributed by atoms with Gasteiger partial charge in [-0.1, -0.05) is 24.4 Å². The highest BCUT2D eigenvalue weighted by molar-refractivity contribution is 8.01. The van der Waals surface area contributed by atoms with Crippen LogP contribution in [0, 0.1) is 6.92 Å². The van der Waals surface area contributed by atoms with E-state index < -0.39 is 29.1 Å². The first-order valence-electron chi connectivity index (χ1n) is 11.7. The van der Waals surface area contributed by atoms with E-state index in [9.17, 15) is 27.6 Å². The molecule has 0 saturated carbocycles. The number of hydrogen-bond donors (Lipinski definition) is 2. The second kappa shape index (κ2) is 9.40. The van der Waals surface area contributed by atoms with Crippen LogP contribution in [0.5, 0.6) is 0 Å². The van der Waals surface area contributed by atoms with Gasteiger partial charge < -0.3 is 15.5 Å². The van der Waals surface area contributed by atoms with Crippen molar-refractivity contribution in [2.45, 2.75) is 48.3 Å². The van der Waals surface area contributed by atoms with E-state index in [1.807, 2.05) is 0 Å². The number of anilines is 2. The Labute approximate surface area is 215 Å². The Morgan fingerprint density at radius 2 is 2.08 bits per heavy atom. The third-order valence-electron chi connectivity index (χ3n) is 6.80. The van der Waals surface area contributed by atoms with Crippen LogP contribution in [0.2, 0.25) is 0 Å². The van der Waals surface area contributed by atoms with E-state index in [1.54, 1.807) is 11.0 Å². The largest absolute Gasteiger partial charge is 0.416 e. The number of nitrogens with zero attached hydrogens (tertiary/aromatic N) is 3. The lowest BCUT2D eigenvalue weighted by Gasteiger charge is -2.35. The highest BCUT2D eigenvalue weighted by Crippen LogP contribution is 2.51. The molecule has 0 radical (unpaired) electrons. The van der Waals surface area contributed by atoms with Gasteiger partial charge in [-0.15, -0.1) is 0 Å². The number of urea groups is 1. The zero-order valence-electron chi connectivity index (χ0n) is 19.8. The Bertz CT molecular complexity index is 1300. The molecule has 37 heavy (non-hydrogen) atoms. The molecule has 3 atom stereocenters. The molecule has 0 aliphatic carbocycles. The Hall–Kier alpha value is -3.54. The molecule has 3 aliphatic heterocycles. The zero-order valence-corrected chi connectivity index (χ0v) is 20.7. The van der Waals surface area contributed by atoms with E-state index in [4.69, 9.17) is 0 Å². The molecule has 12 heteroatoms. The predicted molar refractivity (Wildman–Crippen MR) is 131 cm³/mol. The van der Waals surface area contributed by atoms with Crippen molar-refractivity contribution in [2.75, 3.05) is 18.0 Å². The maximum atomic E-state index is 13.5. The molecule has 4 amide bonds. The lowest BCUT2D eigenvalue weighted by atomic mass is 9.98. The van der Waals surface area contributed by atoms with Crippen molar-refractivity contribution in [3.05, 3.63) is 59.8 Å². The predicted octanol–water partition coefficient (Wildman–Crippen LogP) is 4.08. The molecule has 1 fully saturated rings. The van der Waals surface area contributed by atoms with Crippen molar-refractivity contribution < 1.29 is 27.6 Å². The number of rotatable bonds is 4. The first-order valence-corrected chi connectivity index (χ1v) is 12.6. The van der Waals surface area contributed by atoms with Gasteiger partial charge in [-0.25, -0.2) is 9.78 Å². The molecular formula is C25H24F3N5O3S. The molecule has 2 N–H and O–H groups in total. The van der Waals surface area contributed by atoms with Crippen molar-refractivity contribution in [3.8, 4) is 0 Å². The summed E-state index contributed by atoms with van der Waals surface area (Å²) in [5, 5.41) is 5.61. The van der Waals surface area contributed by atoms with Gasteiger partial charge in [0.2, 0.25) is 11.8 Å². The molecular weight excluding hydrogens is 507 g/mol. The monoisotopic (exact) mass is 531 g/mol. The molecule has 3 aliphatic rings. The van der Waals surface area contributed by atoms with Crippen LogP contribution >= 0.6 is 11.8 Å². The molecule has 8 nitrogen and oxygen atoms in total. The number of thioether (sulfide) groups is 1.